The zero-order chi connectivity index (χ0) is 15.2. The normalized spacial score (nSPS) is 17.0. The van der Waals surface area contributed by atoms with Crippen LogP contribution in [0.1, 0.15) is 12.5 Å². The molecule has 2 heterocycles. The molecule has 1 aromatic heterocycles. The lowest BCUT2D eigenvalue weighted by atomic mass is 10.2. The number of rotatable bonds is 5. The molecule has 1 saturated heterocycles. The van der Waals surface area contributed by atoms with E-state index in [4.69, 9.17) is 5.73 Å². The first kappa shape index (κ1) is 15.4. The molecular formula is C14H18N4O2S. The van der Waals surface area contributed by atoms with Crippen molar-refractivity contribution in [2.45, 2.75) is 13.3 Å². The van der Waals surface area contributed by atoms with Gasteiger partial charge in [0.2, 0.25) is 5.91 Å². The van der Waals surface area contributed by atoms with Crippen molar-refractivity contribution in [1.29, 1.82) is 0 Å². The number of amides is 2. The van der Waals surface area contributed by atoms with Crippen LogP contribution in [0.15, 0.2) is 35.3 Å². The van der Waals surface area contributed by atoms with Gasteiger partial charge in [-0.15, -0.1) is 0 Å². The monoisotopic (exact) mass is 306 g/mol. The summed E-state index contributed by atoms with van der Waals surface area (Å²) in [7, 11) is 0. The predicted molar refractivity (Wildman–Crippen MR) is 82.0 cm³/mol. The van der Waals surface area contributed by atoms with Gasteiger partial charge in [-0.2, -0.15) is 0 Å². The van der Waals surface area contributed by atoms with Gasteiger partial charge in [0.1, 0.15) is 10.7 Å². The van der Waals surface area contributed by atoms with Gasteiger partial charge in [0.15, 0.2) is 0 Å². The Morgan fingerprint density at radius 2 is 2.38 bits per heavy atom. The maximum Gasteiger partial charge on any atom is 0.269 e. The van der Waals surface area contributed by atoms with E-state index in [1.165, 1.54) is 11.8 Å². The van der Waals surface area contributed by atoms with Gasteiger partial charge < -0.3 is 16.0 Å². The second kappa shape index (κ2) is 7.12. The van der Waals surface area contributed by atoms with E-state index in [9.17, 15) is 9.59 Å². The lowest BCUT2D eigenvalue weighted by Gasteiger charge is -2.16. The summed E-state index contributed by atoms with van der Waals surface area (Å²) < 4.78 is 0. The number of nitrogens with two attached hydrogens (primary N) is 1. The van der Waals surface area contributed by atoms with Crippen molar-refractivity contribution in [3.05, 3.63) is 40.8 Å². The van der Waals surface area contributed by atoms with Crippen LogP contribution in [0.25, 0.3) is 0 Å². The summed E-state index contributed by atoms with van der Waals surface area (Å²) in [6.07, 6.45) is 4.15. The van der Waals surface area contributed by atoms with E-state index < -0.39 is 0 Å². The van der Waals surface area contributed by atoms with Crippen LogP contribution in [-0.2, 0) is 16.0 Å². The number of thioether (sulfide) groups is 1. The smallest absolute Gasteiger partial charge is 0.269 e. The fourth-order valence-electron chi connectivity index (χ4n) is 2.00. The van der Waals surface area contributed by atoms with E-state index >= 15 is 0 Å². The third-order valence-electron chi connectivity index (χ3n) is 3.09. The topological polar surface area (TPSA) is 88.3 Å². The van der Waals surface area contributed by atoms with Crippen molar-refractivity contribution in [3.63, 3.8) is 0 Å². The van der Waals surface area contributed by atoms with Crippen molar-refractivity contribution >= 4 is 23.6 Å². The molecule has 1 aliphatic heterocycles. The van der Waals surface area contributed by atoms with Gasteiger partial charge in [-0.1, -0.05) is 17.8 Å². The summed E-state index contributed by atoms with van der Waals surface area (Å²) in [4.78, 5) is 29.2. The number of carbonyl (C=O) groups is 2. The highest BCUT2D eigenvalue weighted by Gasteiger charge is 2.29. The zero-order valence-electron chi connectivity index (χ0n) is 11.8. The number of hydrogen-bond donors (Lipinski definition) is 2. The average Bonchev–Trinajstić information content (AvgIpc) is 2.88. The van der Waals surface area contributed by atoms with Crippen LogP contribution in [0, 0.1) is 0 Å². The summed E-state index contributed by atoms with van der Waals surface area (Å²) >= 11 is 1.31. The summed E-state index contributed by atoms with van der Waals surface area (Å²) in [6.45, 7) is 2.85. The fraction of sp³-hybridized carbons (Fsp3) is 0.357. The molecule has 1 aromatic rings. The van der Waals surface area contributed by atoms with Gasteiger partial charge in [0, 0.05) is 25.5 Å². The van der Waals surface area contributed by atoms with Gasteiger partial charge in [0.25, 0.3) is 5.91 Å². The van der Waals surface area contributed by atoms with E-state index in [1.807, 2.05) is 19.1 Å². The van der Waals surface area contributed by atoms with E-state index in [1.54, 1.807) is 17.3 Å². The highest BCUT2D eigenvalue weighted by molar-refractivity contribution is 8.04. The molecule has 7 heteroatoms. The second-order valence-electron chi connectivity index (χ2n) is 4.51. The molecule has 0 saturated carbocycles. The molecule has 21 heavy (non-hydrogen) atoms. The molecule has 0 aliphatic carbocycles. The van der Waals surface area contributed by atoms with Crippen molar-refractivity contribution in [2.24, 2.45) is 5.73 Å². The number of carbonyl (C=O) groups excluding carboxylic acids is 2. The standard InChI is InChI=1S/C14H18N4O2S/c1-2-18-11(19)9-21-14(18)12(15)13(20)17-7-5-10-4-3-6-16-8-10/h3-4,6,8H,2,5,7,9,15H2,1H3,(H,17,20)/b14-12+. The van der Waals surface area contributed by atoms with E-state index in [0.717, 1.165) is 5.56 Å². The molecule has 0 unspecified atom stereocenters. The Morgan fingerprint density at radius 3 is 3.05 bits per heavy atom. The first-order valence-electron chi connectivity index (χ1n) is 6.73. The summed E-state index contributed by atoms with van der Waals surface area (Å²) in [6, 6.07) is 3.80. The summed E-state index contributed by atoms with van der Waals surface area (Å²) in [5, 5.41) is 3.32. The van der Waals surface area contributed by atoms with Crippen LogP contribution in [0.5, 0.6) is 0 Å². The minimum Gasteiger partial charge on any atom is -0.392 e. The molecule has 112 valence electrons. The number of nitrogens with one attached hydrogen (secondary N) is 1. The molecule has 0 spiro atoms. The summed E-state index contributed by atoms with van der Waals surface area (Å²) in [5.74, 6) is -0.00882. The average molecular weight is 306 g/mol. The molecule has 0 atom stereocenters. The van der Waals surface area contributed by atoms with Crippen molar-refractivity contribution < 1.29 is 9.59 Å². The first-order chi connectivity index (χ1) is 10.1. The molecule has 0 aromatic carbocycles. The SMILES string of the molecule is CCN1C(=O)CS/C1=C(/N)C(=O)NCCc1cccnc1. The highest BCUT2D eigenvalue weighted by atomic mass is 32.2. The third-order valence-corrected chi connectivity index (χ3v) is 4.20. The third kappa shape index (κ3) is 3.75. The quantitative estimate of drug-likeness (QED) is 0.772. The Labute approximate surface area is 127 Å². The Morgan fingerprint density at radius 1 is 1.57 bits per heavy atom. The molecule has 0 bridgehead atoms. The first-order valence-corrected chi connectivity index (χ1v) is 7.72. The van der Waals surface area contributed by atoms with E-state index in [-0.39, 0.29) is 17.5 Å². The lowest BCUT2D eigenvalue weighted by Crippen LogP contribution is -2.34. The molecule has 6 nitrogen and oxygen atoms in total. The van der Waals surface area contributed by atoms with Gasteiger partial charge in [-0.3, -0.25) is 14.6 Å². The Bertz CT molecular complexity index is 559. The van der Waals surface area contributed by atoms with Crippen LogP contribution >= 0.6 is 11.8 Å². The molecule has 1 fully saturated rings. The second-order valence-corrected chi connectivity index (χ2v) is 5.48. The number of nitrogens with zero attached hydrogens (tertiary/aromatic N) is 2. The maximum absolute atomic E-state index is 12.0. The number of pyridine rings is 1. The van der Waals surface area contributed by atoms with Gasteiger partial charge in [-0.25, -0.2) is 0 Å². The molecule has 2 amide bonds. The van der Waals surface area contributed by atoms with Crippen molar-refractivity contribution in [2.75, 3.05) is 18.8 Å². The molecule has 0 radical (unpaired) electrons. The van der Waals surface area contributed by atoms with Crippen molar-refractivity contribution in [1.82, 2.24) is 15.2 Å². The lowest BCUT2D eigenvalue weighted by molar-refractivity contribution is -0.125. The fourth-order valence-corrected chi connectivity index (χ4v) is 3.05. The van der Waals surface area contributed by atoms with E-state index in [0.29, 0.717) is 30.3 Å². The molecular weight excluding hydrogens is 288 g/mol. The van der Waals surface area contributed by atoms with Crippen LogP contribution < -0.4 is 11.1 Å². The summed E-state index contributed by atoms with van der Waals surface area (Å²) in [5.41, 5.74) is 7.03. The van der Waals surface area contributed by atoms with Gasteiger partial charge in [0.05, 0.1) is 5.75 Å². The highest BCUT2D eigenvalue weighted by Crippen LogP contribution is 2.29. The Balaban J connectivity index is 1.92. The largest absolute Gasteiger partial charge is 0.392 e. The zero-order valence-corrected chi connectivity index (χ0v) is 12.7. The molecule has 1 aliphatic rings. The van der Waals surface area contributed by atoms with Crippen molar-refractivity contribution in [3.8, 4) is 0 Å². The minimum absolute atomic E-state index is 0.0105. The molecule has 2 rings (SSSR count). The van der Waals surface area contributed by atoms with Crippen LogP contribution in [-0.4, -0.2) is 40.5 Å². The minimum atomic E-state index is -0.338. The van der Waals surface area contributed by atoms with Crippen LogP contribution in [0.4, 0.5) is 0 Å². The van der Waals surface area contributed by atoms with Crippen LogP contribution in [0.3, 0.4) is 0 Å². The van der Waals surface area contributed by atoms with E-state index in [2.05, 4.69) is 10.3 Å². The Kier molecular flexibility index (Phi) is 5.21. The number of hydrogen-bond acceptors (Lipinski definition) is 5. The van der Waals surface area contributed by atoms with Gasteiger partial charge >= 0.3 is 0 Å². The van der Waals surface area contributed by atoms with Gasteiger partial charge in [-0.05, 0) is 25.0 Å². The predicted octanol–water partition coefficient (Wildman–Crippen LogP) is 0.463. The van der Waals surface area contributed by atoms with Crippen LogP contribution in [0.2, 0.25) is 0 Å². The maximum atomic E-state index is 12.0. The number of aromatic nitrogens is 1. The molecule has 3 N–H and O–H groups in total. The Hall–Kier alpha value is -2.02.